The standard InChI is InChI=1S/C11H20N2O2.ClH/c1-2-13(7-8-3-4-8)11(15)10-5-9(14)6-12-10;/h8-10,12,14H,2-7H2,1H3;1H/t9-,10-;/m1./s1. The van der Waals surface area contributed by atoms with Gasteiger partial charge in [-0.05, 0) is 32.1 Å². The highest BCUT2D eigenvalue weighted by Crippen LogP contribution is 2.30. The summed E-state index contributed by atoms with van der Waals surface area (Å²) in [5.74, 6) is 0.904. The number of amides is 1. The molecule has 2 atom stereocenters. The van der Waals surface area contributed by atoms with Crippen molar-refractivity contribution in [1.82, 2.24) is 10.2 Å². The lowest BCUT2D eigenvalue weighted by Gasteiger charge is -2.24. The van der Waals surface area contributed by atoms with Gasteiger partial charge < -0.3 is 15.3 Å². The lowest BCUT2D eigenvalue weighted by Crippen LogP contribution is -2.44. The molecule has 1 saturated heterocycles. The lowest BCUT2D eigenvalue weighted by atomic mass is 10.1. The molecule has 2 rings (SSSR count). The molecule has 2 aliphatic rings. The average molecular weight is 249 g/mol. The van der Waals surface area contributed by atoms with E-state index in [-0.39, 0.29) is 30.5 Å². The van der Waals surface area contributed by atoms with E-state index < -0.39 is 0 Å². The van der Waals surface area contributed by atoms with Gasteiger partial charge in [-0.3, -0.25) is 4.79 Å². The van der Waals surface area contributed by atoms with Gasteiger partial charge in [-0.15, -0.1) is 12.4 Å². The lowest BCUT2D eigenvalue weighted by molar-refractivity contribution is -0.133. The SMILES string of the molecule is CCN(CC1CC1)C(=O)[C@H]1C[C@@H](O)CN1.Cl. The molecule has 1 aliphatic carbocycles. The van der Waals surface area contributed by atoms with Gasteiger partial charge in [-0.1, -0.05) is 0 Å². The Hall–Kier alpha value is -0.320. The predicted molar refractivity (Wildman–Crippen MR) is 64.6 cm³/mol. The number of aliphatic hydroxyl groups excluding tert-OH is 1. The van der Waals surface area contributed by atoms with Crippen molar-refractivity contribution in [2.45, 2.75) is 38.3 Å². The fourth-order valence-corrected chi connectivity index (χ4v) is 2.11. The molecule has 5 heteroatoms. The Morgan fingerprint density at radius 2 is 2.19 bits per heavy atom. The molecule has 0 unspecified atom stereocenters. The van der Waals surface area contributed by atoms with Crippen molar-refractivity contribution in [3.63, 3.8) is 0 Å². The van der Waals surface area contributed by atoms with Crippen LogP contribution in [0.1, 0.15) is 26.2 Å². The second kappa shape index (κ2) is 5.84. The first-order chi connectivity index (χ1) is 7.20. The van der Waals surface area contributed by atoms with Gasteiger partial charge in [-0.25, -0.2) is 0 Å². The maximum Gasteiger partial charge on any atom is 0.239 e. The molecule has 0 aromatic heterocycles. The Kier molecular flexibility index (Phi) is 5.02. The van der Waals surface area contributed by atoms with Crippen LogP contribution in [0.4, 0.5) is 0 Å². The first-order valence-electron chi connectivity index (χ1n) is 5.91. The number of rotatable bonds is 4. The van der Waals surface area contributed by atoms with E-state index in [1.807, 2.05) is 11.8 Å². The van der Waals surface area contributed by atoms with Gasteiger partial charge in [0.25, 0.3) is 0 Å². The molecule has 0 aromatic carbocycles. The van der Waals surface area contributed by atoms with Crippen LogP contribution in [-0.2, 0) is 4.79 Å². The fraction of sp³-hybridized carbons (Fsp3) is 0.909. The number of hydrogen-bond donors (Lipinski definition) is 2. The van der Waals surface area contributed by atoms with Crippen molar-refractivity contribution < 1.29 is 9.90 Å². The zero-order valence-electron chi connectivity index (χ0n) is 9.69. The molecular formula is C11H21ClN2O2. The Balaban J connectivity index is 0.00000128. The number of halogens is 1. The monoisotopic (exact) mass is 248 g/mol. The first kappa shape index (κ1) is 13.7. The van der Waals surface area contributed by atoms with Gasteiger partial charge in [0.1, 0.15) is 0 Å². The van der Waals surface area contributed by atoms with Gasteiger partial charge in [0.15, 0.2) is 0 Å². The van der Waals surface area contributed by atoms with E-state index in [4.69, 9.17) is 0 Å². The minimum Gasteiger partial charge on any atom is -0.392 e. The minimum absolute atomic E-state index is 0. The molecular weight excluding hydrogens is 228 g/mol. The summed E-state index contributed by atoms with van der Waals surface area (Å²) in [6.45, 7) is 4.26. The Labute approximate surface area is 103 Å². The molecule has 1 aliphatic heterocycles. The zero-order valence-corrected chi connectivity index (χ0v) is 10.5. The van der Waals surface area contributed by atoms with Crippen LogP contribution in [0.2, 0.25) is 0 Å². The van der Waals surface area contributed by atoms with Crippen LogP contribution in [0.3, 0.4) is 0 Å². The van der Waals surface area contributed by atoms with E-state index in [2.05, 4.69) is 5.32 Å². The third-order valence-corrected chi connectivity index (χ3v) is 3.27. The Bertz CT molecular complexity index is 246. The van der Waals surface area contributed by atoms with Crippen LogP contribution in [0.25, 0.3) is 0 Å². The summed E-state index contributed by atoms with van der Waals surface area (Å²) in [5.41, 5.74) is 0. The fourth-order valence-electron chi connectivity index (χ4n) is 2.11. The largest absolute Gasteiger partial charge is 0.392 e. The third-order valence-electron chi connectivity index (χ3n) is 3.27. The molecule has 94 valence electrons. The highest BCUT2D eigenvalue weighted by Gasteiger charge is 2.33. The molecule has 1 heterocycles. The normalized spacial score (nSPS) is 28.6. The second-order valence-corrected chi connectivity index (χ2v) is 4.67. The number of carbonyl (C=O) groups is 1. The summed E-state index contributed by atoms with van der Waals surface area (Å²) < 4.78 is 0. The van der Waals surface area contributed by atoms with Crippen LogP contribution in [0, 0.1) is 5.92 Å². The number of likely N-dealkylation sites (N-methyl/N-ethyl adjacent to an activating group) is 1. The molecule has 0 radical (unpaired) electrons. The van der Waals surface area contributed by atoms with Gasteiger partial charge in [0, 0.05) is 19.6 Å². The molecule has 2 fully saturated rings. The summed E-state index contributed by atoms with van der Waals surface area (Å²) in [6.07, 6.45) is 2.76. The Morgan fingerprint density at radius 1 is 1.50 bits per heavy atom. The molecule has 1 amide bonds. The Morgan fingerprint density at radius 3 is 2.62 bits per heavy atom. The van der Waals surface area contributed by atoms with Gasteiger partial charge in [-0.2, -0.15) is 0 Å². The second-order valence-electron chi connectivity index (χ2n) is 4.67. The van der Waals surface area contributed by atoms with Crippen molar-refractivity contribution in [1.29, 1.82) is 0 Å². The molecule has 4 nitrogen and oxygen atoms in total. The van der Waals surface area contributed by atoms with Crippen LogP contribution in [0.15, 0.2) is 0 Å². The van der Waals surface area contributed by atoms with Crippen molar-refractivity contribution in [3.8, 4) is 0 Å². The molecule has 1 saturated carbocycles. The summed E-state index contributed by atoms with van der Waals surface area (Å²) >= 11 is 0. The third kappa shape index (κ3) is 3.34. The summed E-state index contributed by atoms with van der Waals surface area (Å²) in [7, 11) is 0. The van der Waals surface area contributed by atoms with Gasteiger partial charge in [0.2, 0.25) is 5.91 Å². The summed E-state index contributed by atoms with van der Waals surface area (Å²) in [6, 6.07) is -0.154. The maximum absolute atomic E-state index is 12.0. The number of nitrogens with zero attached hydrogens (tertiary/aromatic N) is 1. The summed E-state index contributed by atoms with van der Waals surface area (Å²) in [5, 5.41) is 12.4. The number of hydrogen-bond acceptors (Lipinski definition) is 3. The smallest absolute Gasteiger partial charge is 0.239 e. The maximum atomic E-state index is 12.0. The number of β-amino-alcohol motifs (C(OH)–C–C–N with tert-alkyl or cyclic N) is 1. The van der Waals surface area contributed by atoms with Gasteiger partial charge >= 0.3 is 0 Å². The van der Waals surface area contributed by atoms with E-state index in [1.54, 1.807) is 0 Å². The molecule has 2 N–H and O–H groups in total. The molecule has 0 spiro atoms. The number of carbonyl (C=O) groups excluding carboxylic acids is 1. The van der Waals surface area contributed by atoms with Crippen LogP contribution >= 0.6 is 12.4 Å². The topological polar surface area (TPSA) is 52.6 Å². The van der Waals surface area contributed by atoms with E-state index in [0.717, 1.165) is 19.0 Å². The zero-order chi connectivity index (χ0) is 10.8. The highest BCUT2D eigenvalue weighted by molar-refractivity contribution is 5.85. The molecule has 0 aromatic rings. The van der Waals surface area contributed by atoms with Crippen molar-refractivity contribution >= 4 is 18.3 Å². The predicted octanol–water partition coefficient (Wildman–Crippen LogP) is 0.389. The van der Waals surface area contributed by atoms with Crippen molar-refractivity contribution in [2.24, 2.45) is 5.92 Å². The quantitative estimate of drug-likeness (QED) is 0.757. The van der Waals surface area contributed by atoms with E-state index in [1.165, 1.54) is 12.8 Å². The molecule has 0 bridgehead atoms. The van der Waals surface area contributed by atoms with Crippen LogP contribution in [-0.4, -0.2) is 47.7 Å². The van der Waals surface area contributed by atoms with Gasteiger partial charge in [0.05, 0.1) is 12.1 Å². The van der Waals surface area contributed by atoms with E-state index in [9.17, 15) is 9.90 Å². The number of aliphatic hydroxyl groups is 1. The number of nitrogens with one attached hydrogen (secondary N) is 1. The van der Waals surface area contributed by atoms with Crippen molar-refractivity contribution in [3.05, 3.63) is 0 Å². The average Bonchev–Trinajstić information content (AvgIpc) is 2.95. The summed E-state index contributed by atoms with van der Waals surface area (Å²) in [4.78, 5) is 14.0. The van der Waals surface area contributed by atoms with E-state index >= 15 is 0 Å². The van der Waals surface area contributed by atoms with Crippen LogP contribution < -0.4 is 5.32 Å². The van der Waals surface area contributed by atoms with Crippen molar-refractivity contribution in [2.75, 3.05) is 19.6 Å². The first-order valence-corrected chi connectivity index (χ1v) is 5.91. The molecule has 16 heavy (non-hydrogen) atoms. The van der Waals surface area contributed by atoms with Crippen LogP contribution in [0.5, 0.6) is 0 Å². The minimum atomic E-state index is -0.349. The highest BCUT2D eigenvalue weighted by atomic mass is 35.5. The van der Waals surface area contributed by atoms with E-state index in [0.29, 0.717) is 13.0 Å².